The normalized spacial score (nSPS) is 11.6. The Morgan fingerprint density at radius 3 is 1.24 bits per heavy atom. The second kappa shape index (κ2) is 15.8. The van der Waals surface area contributed by atoms with Crippen LogP contribution in [-0.4, -0.2) is 29.9 Å². The highest BCUT2D eigenvalue weighted by atomic mass is 16.3. The molecule has 312 valence electrons. The van der Waals surface area contributed by atoms with Crippen LogP contribution in [0.1, 0.15) is 0 Å². The van der Waals surface area contributed by atoms with Gasteiger partial charge in [0.25, 0.3) is 0 Å². The molecule has 9 aromatic carbocycles. The van der Waals surface area contributed by atoms with Gasteiger partial charge in [-0.1, -0.05) is 158 Å². The SMILES string of the molecule is c1ccc(-c2cc(-c3cc4ccccc4c4ccccc34)nc(-c3cc(-c4nc(-c5ccccc5)cc(-c5cc6ccccc6c6ccccc56)n4)cc(-c4nc5ncccc5o4)c3)n2)cc1. The Labute approximate surface area is 384 Å². The smallest absolute Gasteiger partial charge is 0.228 e. The number of rotatable bonds is 7. The maximum atomic E-state index is 6.43. The van der Waals surface area contributed by atoms with Gasteiger partial charge in [0.15, 0.2) is 22.9 Å². The third-order valence-corrected chi connectivity index (χ3v) is 12.5. The molecule has 0 atom stereocenters. The van der Waals surface area contributed by atoms with Crippen LogP contribution in [0, 0.1) is 0 Å². The molecule has 0 amide bonds. The maximum absolute atomic E-state index is 6.43. The summed E-state index contributed by atoms with van der Waals surface area (Å²) in [7, 11) is 0. The molecule has 7 nitrogen and oxygen atoms in total. The molecule has 0 fully saturated rings. The summed E-state index contributed by atoms with van der Waals surface area (Å²) in [5.41, 5.74) is 10.5. The van der Waals surface area contributed by atoms with Crippen molar-refractivity contribution < 1.29 is 4.42 Å². The van der Waals surface area contributed by atoms with E-state index in [4.69, 9.17) is 29.3 Å². The molecule has 0 N–H and O–H groups in total. The van der Waals surface area contributed by atoms with E-state index < -0.39 is 0 Å². The standard InChI is InChI=1S/C60H36N6O/c1-3-16-37(17-4-1)52-35-54(50-33-39-20-7-9-22-44(39)46-24-11-13-26-48(46)50)64-57(62-52)41-30-42(32-43(31-41)60-66-59-56(67-60)28-15-29-61-59)58-63-53(38-18-5-2-6-19-38)36-55(65-58)51-34-40-21-8-10-23-45(40)47-25-12-14-27-49(47)51/h1-36H. The first-order chi connectivity index (χ1) is 33.2. The first-order valence-electron chi connectivity index (χ1n) is 22.3. The van der Waals surface area contributed by atoms with Crippen molar-refractivity contribution >= 4 is 54.3 Å². The lowest BCUT2D eigenvalue weighted by Crippen LogP contribution is -1.99. The molecular weight excluding hydrogens is 821 g/mol. The number of aromatic nitrogens is 6. The minimum atomic E-state index is 0.414. The van der Waals surface area contributed by atoms with E-state index in [0.29, 0.717) is 34.3 Å². The predicted octanol–water partition coefficient (Wildman–Crippen LogP) is 15.1. The first kappa shape index (κ1) is 38.3. The highest BCUT2D eigenvalue weighted by Crippen LogP contribution is 2.40. The van der Waals surface area contributed by atoms with Crippen molar-refractivity contribution in [1.82, 2.24) is 29.9 Å². The van der Waals surface area contributed by atoms with Crippen molar-refractivity contribution in [3.63, 3.8) is 0 Å². The van der Waals surface area contributed by atoms with Crippen molar-refractivity contribution in [3.05, 3.63) is 219 Å². The van der Waals surface area contributed by atoms with Gasteiger partial charge in [-0.05, 0) is 97.7 Å². The zero-order valence-electron chi connectivity index (χ0n) is 35.9. The molecule has 0 saturated carbocycles. The highest BCUT2D eigenvalue weighted by Gasteiger charge is 2.21. The number of nitrogens with zero attached hydrogens (tertiary/aromatic N) is 6. The predicted molar refractivity (Wildman–Crippen MR) is 271 cm³/mol. The molecule has 67 heavy (non-hydrogen) atoms. The largest absolute Gasteiger partial charge is 0.434 e. The fraction of sp³-hybridized carbons (Fsp3) is 0. The Bertz CT molecular complexity index is 3800. The molecular formula is C60H36N6O. The molecule has 0 saturated heterocycles. The Balaban J connectivity index is 1.08. The van der Waals surface area contributed by atoms with Crippen molar-refractivity contribution in [2.24, 2.45) is 0 Å². The number of pyridine rings is 1. The summed E-state index contributed by atoms with van der Waals surface area (Å²) >= 11 is 0. The quantitative estimate of drug-likeness (QED) is 0.147. The average molecular weight is 857 g/mol. The molecule has 7 heteroatoms. The van der Waals surface area contributed by atoms with Crippen LogP contribution in [0.2, 0.25) is 0 Å². The van der Waals surface area contributed by atoms with Crippen molar-refractivity contribution in [2.45, 2.75) is 0 Å². The van der Waals surface area contributed by atoms with Gasteiger partial charge in [-0.2, -0.15) is 4.98 Å². The number of hydrogen-bond donors (Lipinski definition) is 0. The minimum absolute atomic E-state index is 0.414. The van der Waals surface area contributed by atoms with Crippen LogP contribution in [0.25, 0.3) is 134 Å². The highest BCUT2D eigenvalue weighted by molar-refractivity contribution is 6.14. The summed E-state index contributed by atoms with van der Waals surface area (Å²) in [5, 5.41) is 9.20. The van der Waals surface area contributed by atoms with Gasteiger partial charge < -0.3 is 4.42 Å². The second-order valence-electron chi connectivity index (χ2n) is 16.7. The van der Waals surface area contributed by atoms with Crippen molar-refractivity contribution in [2.75, 3.05) is 0 Å². The zero-order valence-corrected chi connectivity index (χ0v) is 35.9. The van der Waals surface area contributed by atoms with E-state index in [1.807, 2.05) is 60.7 Å². The molecule has 0 aliphatic rings. The average Bonchev–Trinajstić information content (AvgIpc) is 3.85. The van der Waals surface area contributed by atoms with Gasteiger partial charge in [-0.25, -0.2) is 24.9 Å². The summed E-state index contributed by atoms with van der Waals surface area (Å²) < 4.78 is 6.43. The third kappa shape index (κ3) is 6.85. The van der Waals surface area contributed by atoms with E-state index >= 15 is 0 Å². The zero-order chi connectivity index (χ0) is 44.3. The molecule has 0 unspecified atom stereocenters. The van der Waals surface area contributed by atoms with Gasteiger partial charge in [0, 0.05) is 45.1 Å². The Morgan fingerprint density at radius 2 is 0.731 bits per heavy atom. The van der Waals surface area contributed by atoms with E-state index in [1.54, 1.807) is 6.20 Å². The number of benzene rings is 9. The van der Waals surface area contributed by atoms with Crippen LogP contribution in [0.5, 0.6) is 0 Å². The molecule has 0 bridgehead atoms. The van der Waals surface area contributed by atoms with Gasteiger partial charge in [-0.15, -0.1) is 0 Å². The number of oxazole rings is 1. The van der Waals surface area contributed by atoms with Gasteiger partial charge in [0.05, 0.1) is 22.8 Å². The Hall–Kier alpha value is -9.20. The van der Waals surface area contributed by atoms with Crippen LogP contribution in [-0.2, 0) is 0 Å². The van der Waals surface area contributed by atoms with E-state index in [-0.39, 0.29) is 0 Å². The number of hydrogen-bond acceptors (Lipinski definition) is 7. The molecule has 4 heterocycles. The molecule has 0 aliphatic heterocycles. The first-order valence-corrected chi connectivity index (χ1v) is 22.3. The lowest BCUT2D eigenvalue weighted by molar-refractivity contribution is 0.619. The summed E-state index contributed by atoms with van der Waals surface area (Å²) in [4.78, 5) is 30.9. The van der Waals surface area contributed by atoms with E-state index in [0.717, 1.165) is 88.5 Å². The number of fused-ring (bicyclic) bond motifs is 7. The van der Waals surface area contributed by atoms with Crippen LogP contribution < -0.4 is 0 Å². The van der Waals surface area contributed by atoms with Gasteiger partial charge in [0.2, 0.25) is 5.89 Å². The monoisotopic (exact) mass is 856 g/mol. The van der Waals surface area contributed by atoms with Crippen molar-refractivity contribution in [1.29, 1.82) is 0 Å². The molecule has 13 rings (SSSR count). The fourth-order valence-corrected chi connectivity index (χ4v) is 9.38. The lowest BCUT2D eigenvalue weighted by Gasteiger charge is -2.15. The summed E-state index contributed by atoms with van der Waals surface area (Å²) in [5.74, 6) is 1.48. The maximum Gasteiger partial charge on any atom is 0.228 e. The van der Waals surface area contributed by atoms with Crippen LogP contribution in [0.4, 0.5) is 0 Å². The van der Waals surface area contributed by atoms with E-state index in [9.17, 15) is 0 Å². The van der Waals surface area contributed by atoms with Gasteiger partial charge >= 0.3 is 0 Å². The van der Waals surface area contributed by atoms with Crippen molar-refractivity contribution in [3.8, 4) is 79.3 Å². The van der Waals surface area contributed by atoms with Gasteiger partial charge in [-0.3, -0.25) is 0 Å². The molecule has 0 aliphatic carbocycles. The molecule has 0 spiro atoms. The van der Waals surface area contributed by atoms with Crippen LogP contribution >= 0.6 is 0 Å². The van der Waals surface area contributed by atoms with Crippen LogP contribution in [0.15, 0.2) is 223 Å². The molecule has 13 aromatic rings. The Kier molecular flexibility index (Phi) is 9.03. The minimum Gasteiger partial charge on any atom is -0.434 e. The summed E-state index contributed by atoms with van der Waals surface area (Å²) in [6.07, 6.45) is 1.72. The third-order valence-electron chi connectivity index (χ3n) is 12.5. The fourth-order valence-electron chi connectivity index (χ4n) is 9.38. The molecule has 4 aromatic heterocycles. The summed E-state index contributed by atoms with van der Waals surface area (Å²) in [6, 6.07) is 73.2. The molecule has 0 radical (unpaired) electrons. The van der Waals surface area contributed by atoms with E-state index in [1.165, 1.54) is 10.8 Å². The van der Waals surface area contributed by atoms with Crippen LogP contribution in [0.3, 0.4) is 0 Å². The Morgan fingerprint density at radius 1 is 0.299 bits per heavy atom. The summed E-state index contributed by atoms with van der Waals surface area (Å²) in [6.45, 7) is 0. The van der Waals surface area contributed by atoms with E-state index in [2.05, 4.69) is 157 Å². The topological polar surface area (TPSA) is 90.5 Å². The van der Waals surface area contributed by atoms with Gasteiger partial charge in [0.1, 0.15) is 0 Å². The second-order valence-corrected chi connectivity index (χ2v) is 16.7. The lowest BCUT2D eigenvalue weighted by atomic mass is 9.94.